The summed E-state index contributed by atoms with van der Waals surface area (Å²) in [6.45, 7) is 10.3. The Morgan fingerprint density at radius 1 is 1.58 bits per heavy atom. The highest BCUT2D eigenvalue weighted by molar-refractivity contribution is 5.12. The average Bonchev–Trinajstić information content (AvgIpc) is 2.01. The minimum atomic E-state index is 0.434. The zero-order valence-corrected chi connectivity index (χ0v) is 8.59. The highest BCUT2D eigenvalue weighted by atomic mass is 15.5. The van der Waals surface area contributed by atoms with Gasteiger partial charge in [-0.1, -0.05) is 19.6 Å². The quantitative estimate of drug-likeness (QED) is 0.500. The first-order valence-electron chi connectivity index (χ1n) is 4.45. The predicted molar refractivity (Wildman–Crippen MR) is 54.6 cm³/mol. The van der Waals surface area contributed by atoms with Gasteiger partial charge in [-0.15, -0.1) is 0 Å². The van der Waals surface area contributed by atoms with Gasteiger partial charge in [0.05, 0.1) is 0 Å². The molecule has 0 spiro atoms. The fourth-order valence-electron chi connectivity index (χ4n) is 1.07. The Hall–Kier alpha value is -0.760. The lowest BCUT2D eigenvalue weighted by Gasteiger charge is -2.27. The molecule has 0 aliphatic rings. The van der Waals surface area contributed by atoms with Crippen molar-refractivity contribution < 1.29 is 0 Å². The molecule has 0 fully saturated rings. The van der Waals surface area contributed by atoms with Crippen LogP contribution in [0.3, 0.4) is 0 Å². The Morgan fingerprint density at radius 2 is 2.17 bits per heavy atom. The van der Waals surface area contributed by atoms with Crippen LogP contribution < -0.4 is 5.43 Å². The van der Waals surface area contributed by atoms with Gasteiger partial charge in [0.2, 0.25) is 0 Å². The van der Waals surface area contributed by atoms with Crippen molar-refractivity contribution in [2.24, 2.45) is 0 Å². The molecule has 70 valence electrons. The summed E-state index contributed by atoms with van der Waals surface area (Å²) in [6, 6.07) is 0.434. The topological polar surface area (TPSA) is 15.3 Å². The van der Waals surface area contributed by atoms with Crippen molar-refractivity contribution in [3.05, 3.63) is 24.4 Å². The summed E-state index contributed by atoms with van der Waals surface area (Å²) in [4.78, 5) is 0. The molecule has 2 nitrogen and oxygen atoms in total. The van der Waals surface area contributed by atoms with Gasteiger partial charge in [0.15, 0.2) is 0 Å². The molecule has 0 aromatic heterocycles. The van der Waals surface area contributed by atoms with E-state index in [2.05, 4.69) is 38.9 Å². The Morgan fingerprint density at radius 3 is 2.50 bits per heavy atom. The van der Waals surface area contributed by atoms with Crippen LogP contribution in [0.1, 0.15) is 27.2 Å². The van der Waals surface area contributed by atoms with Crippen LogP contribution in [0.15, 0.2) is 24.4 Å². The van der Waals surface area contributed by atoms with E-state index < -0.39 is 0 Å². The van der Waals surface area contributed by atoms with E-state index >= 15 is 0 Å². The second-order valence-electron chi connectivity index (χ2n) is 2.99. The number of hydrogen-bond donors (Lipinski definition) is 1. The molecule has 0 rings (SSSR count). The molecule has 0 aliphatic heterocycles. The molecule has 0 heterocycles. The van der Waals surface area contributed by atoms with Crippen molar-refractivity contribution >= 4 is 0 Å². The molecule has 0 aliphatic carbocycles. The normalized spacial score (nSPS) is 11.1. The highest BCUT2D eigenvalue weighted by Gasteiger charge is 2.05. The summed E-state index contributed by atoms with van der Waals surface area (Å²) < 4.78 is 0. The third kappa shape index (κ3) is 3.58. The Kier molecular flexibility index (Phi) is 5.47. The predicted octanol–water partition coefficient (Wildman–Crippen LogP) is 2.31. The maximum Gasteiger partial charge on any atom is 0.0447 e. The first-order valence-corrected chi connectivity index (χ1v) is 4.45. The Labute approximate surface area is 75.9 Å². The molecule has 0 saturated carbocycles. The van der Waals surface area contributed by atoms with E-state index in [1.165, 1.54) is 0 Å². The van der Waals surface area contributed by atoms with Gasteiger partial charge in [-0.2, -0.15) is 0 Å². The SMILES string of the molecule is C=C(/C=C\CC)N(NC)C(C)C. The largest absolute Gasteiger partial charge is 0.307 e. The van der Waals surface area contributed by atoms with E-state index in [4.69, 9.17) is 0 Å². The van der Waals surface area contributed by atoms with Crippen LogP contribution in [0.5, 0.6) is 0 Å². The molecule has 0 aromatic rings. The Balaban J connectivity index is 4.12. The standard InChI is InChI=1S/C10H20N2/c1-6-7-8-10(4)12(11-5)9(2)3/h7-9,11H,4,6H2,1-3,5H3/b8-7-. The van der Waals surface area contributed by atoms with Gasteiger partial charge in [-0.25, -0.2) is 5.43 Å². The first kappa shape index (κ1) is 11.2. The van der Waals surface area contributed by atoms with Gasteiger partial charge >= 0.3 is 0 Å². The van der Waals surface area contributed by atoms with Crippen LogP contribution in [-0.4, -0.2) is 18.1 Å². The first-order chi connectivity index (χ1) is 5.63. The minimum absolute atomic E-state index is 0.434. The molecule has 0 radical (unpaired) electrons. The number of hydrogen-bond acceptors (Lipinski definition) is 2. The third-order valence-electron chi connectivity index (χ3n) is 1.61. The van der Waals surface area contributed by atoms with Crippen LogP contribution in [0.4, 0.5) is 0 Å². The Bertz CT molecular complexity index is 159. The average molecular weight is 168 g/mol. The maximum atomic E-state index is 3.96. The highest BCUT2D eigenvalue weighted by Crippen LogP contribution is 2.04. The number of nitrogens with zero attached hydrogens (tertiary/aromatic N) is 1. The summed E-state index contributed by atoms with van der Waals surface area (Å²) in [7, 11) is 1.91. The smallest absolute Gasteiger partial charge is 0.0447 e. The number of nitrogens with one attached hydrogen (secondary N) is 1. The van der Waals surface area contributed by atoms with Crippen LogP contribution in [0.25, 0.3) is 0 Å². The van der Waals surface area contributed by atoms with E-state index in [0.29, 0.717) is 6.04 Å². The summed E-state index contributed by atoms with van der Waals surface area (Å²) in [5.41, 5.74) is 4.10. The maximum absolute atomic E-state index is 3.96. The van der Waals surface area contributed by atoms with Crippen molar-refractivity contribution in [3.63, 3.8) is 0 Å². The van der Waals surface area contributed by atoms with Crippen LogP contribution in [0.2, 0.25) is 0 Å². The molecule has 1 N–H and O–H groups in total. The van der Waals surface area contributed by atoms with Gasteiger partial charge in [0.25, 0.3) is 0 Å². The van der Waals surface area contributed by atoms with E-state index in [-0.39, 0.29) is 0 Å². The summed E-state index contributed by atoms with van der Waals surface area (Å²) in [5, 5.41) is 2.03. The van der Waals surface area contributed by atoms with Crippen molar-refractivity contribution in [1.82, 2.24) is 10.4 Å². The van der Waals surface area contributed by atoms with Crippen LogP contribution >= 0.6 is 0 Å². The molecule has 0 atom stereocenters. The molecule has 0 bridgehead atoms. The van der Waals surface area contributed by atoms with E-state index in [0.717, 1.165) is 12.1 Å². The van der Waals surface area contributed by atoms with E-state index in [1.807, 2.05) is 18.1 Å². The van der Waals surface area contributed by atoms with Crippen molar-refractivity contribution in [2.75, 3.05) is 7.05 Å². The zero-order chi connectivity index (χ0) is 9.56. The van der Waals surface area contributed by atoms with Crippen molar-refractivity contribution in [1.29, 1.82) is 0 Å². The lowest BCUT2D eigenvalue weighted by Crippen LogP contribution is -2.38. The zero-order valence-electron chi connectivity index (χ0n) is 8.59. The molecule has 0 amide bonds. The fraction of sp³-hybridized carbons (Fsp3) is 0.600. The third-order valence-corrected chi connectivity index (χ3v) is 1.61. The van der Waals surface area contributed by atoms with Gasteiger partial charge in [0, 0.05) is 18.8 Å². The molecule has 0 unspecified atom stereocenters. The van der Waals surface area contributed by atoms with E-state index in [9.17, 15) is 0 Å². The van der Waals surface area contributed by atoms with Gasteiger partial charge in [-0.05, 0) is 26.3 Å². The number of hydrazine groups is 1. The molecule has 12 heavy (non-hydrogen) atoms. The summed E-state index contributed by atoms with van der Waals surface area (Å²) in [6.07, 6.45) is 5.19. The van der Waals surface area contributed by atoms with Gasteiger partial charge < -0.3 is 5.01 Å². The van der Waals surface area contributed by atoms with E-state index in [1.54, 1.807) is 0 Å². The lowest BCUT2D eigenvalue weighted by molar-refractivity contribution is 0.226. The number of rotatable bonds is 5. The number of allylic oxidation sites excluding steroid dienone is 2. The molecule has 0 saturated heterocycles. The van der Waals surface area contributed by atoms with Gasteiger partial charge in [-0.3, -0.25) is 0 Å². The second-order valence-corrected chi connectivity index (χ2v) is 2.99. The second kappa shape index (κ2) is 5.84. The summed E-state index contributed by atoms with van der Waals surface area (Å²) >= 11 is 0. The monoisotopic (exact) mass is 168 g/mol. The molecule has 0 aromatic carbocycles. The molecule has 2 heteroatoms. The minimum Gasteiger partial charge on any atom is -0.307 e. The van der Waals surface area contributed by atoms with Crippen LogP contribution in [-0.2, 0) is 0 Å². The summed E-state index contributed by atoms with van der Waals surface area (Å²) in [5.74, 6) is 0. The van der Waals surface area contributed by atoms with Crippen molar-refractivity contribution in [2.45, 2.75) is 33.2 Å². The van der Waals surface area contributed by atoms with Crippen molar-refractivity contribution in [3.8, 4) is 0 Å². The van der Waals surface area contributed by atoms with Gasteiger partial charge in [0.1, 0.15) is 0 Å². The van der Waals surface area contributed by atoms with Crippen LogP contribution in [0, 0.1) is 0 Å². The fourth-order valence-corrected chi connectivity index (χ4v) is 1.07. The lowest BCUT2D eigenvalue weighted by atomic mass is 10.3. The molecular weight excluding hydrogens is 148 g/mol. The molecular formula is C10H20N2.